The molecule has 0 heterocycles. The molecule has 17 heavy (non-hydrogen) atoms. The molecular weight excluding hydrogens is 225 g/mol. The molecule has 1 aromatic rings. The van der Waals surface area contributed by atoms with Crippen molar-refractivity contribution in [3.8, 4) is 5.75 Å². The van der Waals surface area contributed by atoms with Gasteiger partial charge in [-0.2, -0.15) is 0 Å². The summed E-state index contributed by atoms with van der Waals surface area (Å²) in [7, 11) is 0. The fourth-order valence-corrected chi connectivity index (χ4v) is 1.25. The molecule has 0 bridgehead atoms. The molecule has 1 rings (SSSR count). The number of carbonyl (C=O) groups is 1. The zero-order valence-corrected chi connectivity index (χ0v) is 9.79. The number of benzene rings is 1. The first kappa shape index (κ1) is 13.1. The molecular formula is C11H16FN3O2. The number of rotatable bonds is 5. The van der Waals surface area contributed by atoms with Crippen LogP contribution < -0.4 is 21.5 Å². The predicted molar refractivity (Wildman–Crippen MR) is 64.3 cm³/mol. The van der Waals surface area contributed by atoms with E-state index in [4.69, 9.17) is 16.2 Å². The maximum absolute atomic E-state index is 13.5. The lowest BCUT2D eigenvalue weighted by molar-refractivity contribution is -0.116. The van der Waals surface area contributed by atoms with Gasteiger partial charge in [0.2, 0.25) is 5.91 Å². The molecule has 5 nitrogen and oxygen atoms in total. The number of ether oxygens (including phenoxy) is 1. The van der Waals surface area contributed by atoms with Crippen LogP contribution in [0, 0.1) is 5.82 Å². The van der Waals surface area contributed by atoms with E-state index in [0.717, 1.165) is 6.07 Å². The van der Waals surface area contributed by atoms with E-state index in [-0.39, 0.29) is 24.1 Å². The molecule has 94 valence electrons. The third-order valence-electron chi connectivity index (χ3n) is 1.92. The lowest BCUT2D eigenvalue weighted by Gasteiger charge is -2.14. The Hall–Kier alpha value is -1.98. The maximum Gasteiger partial charge on any atom is 0.236 e. The number of halogens is 1. The summed E-state index contributed by atoms with van der Waals surface area (Å²) in [5.41, 5.74) is 11.2. The second kappa shape index (κ2) is 5.38. The fourth-order valence-electron chi connectivity index (χ4n) is 1.25. The van der Waals surface area contributed by atoms with Gasteiger partial charge in [0.1, 0.15) is 0 Å². The highest BCUT2D eigenvalue weighted by atomic mass is 19.1. The number of hydrogen-bond donors (Lipinski definition) is 3. The highest BCUT2D eigenvalue weighted by Gasteiger charge is 2.10. The summed E-state index contributed by atoms with van der Waals surface area (Å²) in [6.07, 6.45) is -0.155. The van der Waals surface area contributed by atoms with Gasteiger partial charge in [-0.3, -0.25) is 4.79 Å². The molecule has 0 saturated carbocycles. The van der Waals surface area contributed by atoms with Gasteiger partial charge in [-0.25, -0.2) is 4.39 Å². The van der Waals surface area contributed by atoms with Crippen LogP contribution in [0.15, 0.2) is 12.1 Å². The van der Waals surface area contributed by atoms with Gasteiger partial charge in [-0.15, -0.1) is 0 Å². The van der Waals surface area contributed by atoms with Gasteiger partial charge in [0.15, 0.2) is 11.6 Å². The first-order valence-electron chi connectivity index (χ1n) is 5.18. The number of hydrogen-bond acceptors (Lipinski definition) is 4. The first-order valence-corrected chi connectivity index (χ1v) is 5.18. The van der Waals surface area contributed by atoms with Crippen molar-refractivity contribution in [2.75, 3.05) is 17.6 Å². The molecule has 0 unspecified atom stereocenters. The molecule has 0 atom stereocenters. The topological polar surface area (TPSA) is 90.4 Å². The number of nitrogen functional groups attached to an aromatic ring is 1. The molecule has 0 fully saturated rings. The van der Waals surface area contributed by atoms with E-state index < -0.39 is 11.7 Å². The average Bonchev–Trinajstić information content (AvgIpc) is 2.19. The van der Waals surface area contributed by atoms with Gasteiger partial charge in [0.25, 0.3) is 0 Å². The SMILES string of the molecule is CC(C)Oc1cc(NCC(N)=O)c(N)cc1F. The molecule has 0 aliphatic rings. The Labute approximate surface area is 98.9 Å². The molecule has 0 radical (unpaired) electrons. The molecule has 1 aromatic carbocycles. The van der Waals surface area contributed by atoms with E-state index in [9.17, 15) is 9.18 Å². The minimum atomic E-state index is -0.541. The van der Waals surface area contributed by atoms with Crippen LogP contribution in [0.3, 0.4) is 0 Å². The van der Waals surface area contributed by atoms with Crippen molar-refractivity contribution in [3.05, 3.63) is 17.9 Å². The summed E-state index contributed by atoms with van der Waals surface area (Å²) in [4.78, 5) is 10.6. The molecule has 0 saturated heterocycles. The van der Waals surface area contributed by atoms with Crippen LogP contribution in [0.2, 0.25) is 0 Å². The van der Waals surface area contributed by atoms with E-state index >= 15 is 0 Å². The number of primary amides is 1. The molecule has 0 aliphatic heterocycles. The van der Waals surface area contributed by atoms with E-state index in [1.165, 1.54) is 6.07 Å². The number of amides is 1. The van der Waals surface area contributed by atoms with E-state index in [1.54, 1.807) is 13.8 Å². The van der Waals surface area contributed by atoms with Crippen molar-refractivity contribution in [2.24, 2.45) is 5.73 Å². The van der Waals surface area contributed by atoms with E-state index in [0.29, 0.717) is 5.69 Å². The van der Waals surface area contributed by atoms with Crippen LogP contribution in [0.25, 0.3) is 0 Å². The van der Waals surface area contributed by atoms with Crippen LogP contribution in [0.4, 0.5) is 15.8 Å². The molecule has 5 N–H and O–H groups in total. The third-order valence-corrected chi connectivity index (χ3v) is 1.92. The van der Waals surface area contributed by atoms with Crippen molar-refractivity contribution >= 4 is 17.3 Å². The summed E-state index contributed by atoms with van der Waals surface area (Å²) >= 11 is 0. The van der Waals surface area contributed by atoms with Gasteiger partial charge in [-0.05, 0) is 13.8 Å². The number of nitrogens with two attached hydrogens (primary N) is 2. The van der Waals surface area contributed by atoms with Gasteiger partial charge in [-0.1, -0.05) is 0 Å². The predicted octanol–water partition coefficient (Wildman–Crippen LogP) is 1.09. The van der Waals surface area contributed by atoms with Crippen LogP contribution in [0.1, 0.15) is 13.8 Å². The zero-order chi connectivity index (χ0) is 13.0. The monoisotopic (exact) mass is 241 g/mol. The Balaban J connectivity index is 2.93. The van der Waals surface area contributed by atoms with Gasteiger partial charge >= 0.3 is 0 Å². The van der Waals surface area contributed by atoms with Crippen LogP contribution in [-0.4, -0.2) is 18.6 Å². The Bertz CT molecular complexity index is 421. The summed E-state index contributed by atoms with van der Waals surface area (Å²) in [6.45, 7) is 3.50. The minimum Gasteiger partial charge on any atom is -0.488 e. The highest BCUT2D eigenvalue weighted by Crippen LogP contribution is 2.28. The Kier molecular flexibility index (Phi) is 4.14. The van der Waals surface area contributed by atoms with Crippen molar-refractivity contribution in [1.82, 2.24) is 0 Å². The quantitative estimate of drug-likeness (QED) is 0.673. The van der Waals surface area contributed by atoms with Crippen molar-refractivity contribution < 1.29 is 13.9 Å². The Morgan fingerprint density at radius 2 is 2.18 bits per heavy atom. The average molecular weight is 241 g/mol. The standard InChI is InChI=1S/C11H16FN3O2/c1-6(2)17-10-4-9(15-5-11(14)16)8(13)3-7(10)12/h3-4,6,15H,5,13H2,1-2H3,(H2,14,16). The summed E-state index contributed by atoms with van der Waals surface area (Å²) in [5, 5.41) is 2.71. The van der Waals surface area contributed by atoms with Gasteiger partial charge in [0.05, 0.1) is 24.0 Å². The smallest absolute Gasteiger partial charge is 0.236 e. The maximum atomic E-state index is 13.5. The third kappa shape index (κ3) is 3.82. The second-order valence-electron chi connectivity index (χ2n) is 3.86. The summed E-state index contributed by atoms with van der Waals surface area (Å²) in [6, 6.07) is 2.55. The van der Waals surface area contributed by atoms with Crippen molar-refractivity contribution in [2.45, 2.75) is 20.0 Å². The lowest BCUT2D eigenvalue weighted by atomic mass is 10.2. The Morgan fingerprint density at radius 1 is 1.53 bits per heavy atom. The summed E-state index contributed by atoms with van der Waals surface area (Å²) in [5.74, 6) is -0.984. The molecule has 0 aliphatic carbocycles. The normalized spacial score (nSPS) is 10.4. The first-order chi connectivity index (χ1) is 7.90. The fraction of sp³-hybridized carbons (Fsp3) is 0.364. The number of nitrogens with one attached hydrogen (secondary N) is 1. The summed E-state index contributed by atoms with van der Waals surface area (Å²) < 4.78 is 18.7. The van der Waals surface area contributed by atoms with Gasteiger partial charge < -0.3 is 21.5 Å². The second-order valence-corrected chi connectivity index (χ2v) is 3.86. The lowest BCUT2D eigenvalue weighted by Crippen LogP contribution is -2.22. The molecule has 1 amide bonds. The van der Waals surface area contributed by atoms with Crippen LogP contribution in [0.5, 0.6) is 5.75 Å². The minimum absolute atomic E-state index is 0.0725. The van der Waals surface area contributed by atoms with E-state index in [2.05, 4.69) is 5.32 Å². The Morgan fingerprint density at radius 3 is 2.71 bits per heavy atom. The largest absolute Gasteiger partial charge is 0.488 e. The van der Waals surface area contributed by atoms with Gasteiger partial charge in [0, 0.05) is 12.1 Å². The zero-order valence-electron chi connectivity index (χ0n) is 9.79. The van der Waals surface area contributed by atoms with E-state index in [1.807, 2.05) is 0 Å². The molecule has 0 aromatic heterocycles. The molecule has 6 heteroatoms. The van der Waals surface area contributed by atoms with Crippen LogP contribution in [-0.2, 0) is 4.79 Å². The highest BCUT2D eigenvalue weighted by molar-refractivity contribution is 5.81. The van der Waals surface area contributed by atoms with Crippen molar-refractivity contribution in [1.29, 1.82) is 0 Å². The van der Waals surface area contributed by atoms with Crippen LogP contribution >= 0.6 is 0 Å². The molecule has 0 spiro atoms. The number of carbonyl (C=O) groups excluding carboxylic acids is 1. The van der Waals surface area contributed by atoms with Crippen molar-refractivity contribution in [3.63, 3.8) is 0 Å². The number of anilines is 2.